The quantitative estimate of drug-likeness (QED) is 0.0197. The van der Waals surface area contributed by atoms with Crippen LogP contribution in [0.5, 0.6) is 0 Å². The number of rotatable bonds is 45. The second-order valence-electron chi connectivity index (χ2n) is 17.8. The molecule has 0 amide bonds. The van der Waals surface area contributed by atoms with Crippen LogP contribution in [0.4, 0.5) is 0 Å². The lowest BCUT2D eigenvalue weighted by molar-refractivity contribution is -0.301. The molecule has 1 aliphatic rings. The van der Waals surface area contributed by atoms with Gasteiger partial charge in [0.1, 0.15) is 30.5 Å². The van der Waals surface area contributed by atoms with Crippen molar-refractivity contribution in [3.8, 4) is 0 Å². The SMILES string of the molecule is CCCCC/C=C\C/C=C\CCCCCCCCCC(=O)OC(COCCCCCCCCCCCCCCCCCCCCC)COC1OC(CO)C(O)C(OS(=O)(=O)O)C1O. The van der Waals surface area contributed by atoms with Gasteiger partial charge >= 0.3 is 16.4 Å². The smallest absolute Gasteiger partial charge is 0.397 e. The molecular weight excluding hydrogens is 825 g/mol. The zero-order valence-electron chi connectivity index (χ0n) is 39.9. The summed E-state index contributed by atoms with van der Waals surface area (Å²) in [7, 11) is -5.06. The Morgan fingerprint density at radius 3 is 1.54 bits per heavy atom. The van der Waals surface area contributed by atoms with Gasteiger partial charge in [-0.2, -0.15) is 8.42 Å². The number of carbonyl (C=O) groups is 1. The summed E-state index contributed by atoms with van der Waals surface area (Å²) in [6.45, 7) is 4.00. The molecule has 1 fully saturated rings. The highest BCUT2D eigenvalue weighted by Crippen LogP contribution is 2.26. The molecule has 372 valence electrons. The number of esters is 1. The molecular formula is C50H94O12S. The minimum atomic E-state index is -5.06. The molecule has 1 heterocycles. The molecule has 0 aromatic rings. The lowest BCUT2D eigenvalue weighted by Gasteiger charge is -2.41. The van der Waals surface area contributed by atoms with E-state index in [4.69, 9.17) is 18.9 Å². The number of allylic oxidation sites excluding steroid dienone is 4. The van der Waals surface area contributed by atoms with Crippen molar-refractivity contribution in [1.29, 1.82) is 0 Å². The topological polar surface area (TPSA) is 178 Å². The third kappa shape index (κ3) is 35.4. The van der Waals surface area contributed by atoms with E-state index < -0.39 is 59.8 Å². The lowest BCUT2D eigenvalue weighted by Crippen LogP contribution is -2.60. The van der Waals surface area contributed by atoms with Gasteiger partial charge in [0.05, 0.1) is 19.8 Å². The fourth-order valence-electron chi connectivity index (χ4n) is 7.94. The van der Waals surface area contributed by atoms with Crippen LogP contribution >= 0.6 is 0 Å². The second-order valence-corrected chi connectivity index (χ2v) is 18.8. The molecule has 12 nitrogen and oxygen atoms in total. The van der Waals surface area contributed by atoms with E-state index in [-0.39, 0.29) is 19.6 Å². The van der Waals surface area contributed by atoms with Gasteiger partial charge in [-0.05, 0) is 44.9 Å². The Balaban J connectivity index is 2.36. The standard InChI is InChI=1S/C50H94O12S/c1-3-5-7-9-11-13-15-17-19-21-22-24-26-28-30-32-34-36-38-40-58-42-44(43-59-50-48(54)49(62-63(55,56)57)47(53)45(41-51)61-50)60-46(52)39-37-35-33-31-29-27-25-23-20-18-16-14-12-10-8-6-4-2/h12,14,18,20,44-45,47-51,53-54H,3-11,13,15-17,19,21-43H2,1-2H3,(H,55,56,57)/b14-12-,20-18-. The molecule has 1 aliphatic heterocycles. The van der Waals surface area contributed by atoms with Gasteiger partial charge in [0, 0.05) is 13.0 Å². The zero-order valence-corrected chi connectivity index (χ0v) is 40.7. The van der Waals surface area contributed by atoms with Crippen LogP contribution in [0.1, 0.15) is 226 Å². The van der Waals surface area contributed by atoms with E-state index in [1.54, 1.807) is 0 Å². The first-order valence-electron chi connectivity index (χ1n) is 25.6. The van der Waals surface area contributed by atoms with Crippen LogP contribution < -0.4 is 0 Å². The van der Waals surface area contributed by atoms with Crippen molar-refractivity contribution in [2.75, 3.05) is 26.4 Å². The average molecular weight is 919 g/mol. The molecule has 0 bridgehead atoms. The molecule has 6 unspecified atom stereocenters. The fraction of sp³-hybridized carbons (Fsp3) is 0.900. The van der Waals surface area contributed by atoms with E-state index in [1.807, 2.05) is 0 Å². The predicted octanol–water partition coefficient (Wildman–Crippen LogP) is 11.6. The van der Waals surface area contributed by atoms with Crippen molar-refractivity contribution < 1.29 is 56.2 Å². The van der Waals surface area contributed by atoms with Crippen LogP contribution in [0.15, 0.2) is 24.3 Å². The van der Waals surface area contributed by atoms with E-state index >= 15 is 0 Å². The van der Waals surface area contributed by atoms with Gasteiger partial charge in [0.2, 0.25) is 0 Å². The summed E-state index contributed by atoms with van der Waals surface area (Å²) in [5.74, 6) is -0.403. The van der Waals surface area contributed by atoms with Crippen molar-refractivity contribution >= 4 is 16.4 Å². The van der Waals surface area contributed by atoms with Gasteiger partial charge in [-0.25, -0.2) is 4.18 Å². The molecule has 0 radical (unpaired) electrons. The van der Waals surface area contributed by atoms with Crippen molar-refractivity contribution in [3.63, 3.8) is 0 Å². The predicted molar refractivity (Wildman–Crippen MR) is 253 cm³/mol. The maximum atomic E-state index is 12.9. The minimum absolute atomic E-state index is 0.0372. The number of aliphatic hydroxyl groups excluding tert-OH is 3. The number of hydrogen-bond donors (Lipinski definition) is 4. The molecule has 6 atom stereocenters. The molecule has 63 heavy (non-hydrogen) atoms. The van der Waals surface area contributed by atoms with Crippen molar-refractivity contribution in [2.45, 2.75) is 263 Å². The summed E-state index contributed by atoms with van der Waals surface area (Å²) in [6, 6.07) is 0. The average Bonchev–Trinajstić information content (AvgIpc) is 3.26. The fourth-order valence-corrected chi connectivity index (χ4v) is 8.45. The van der Waals surface area contributed by atoms with Crippen molar-refractivity contribution in [1.82, 2.24) is 0 Å². The third-order valence-corrected chi connectivity index (χ3v) is 12.3. The second kappa shape index (κ2) is 42.0. The van der Waals surface area contributed by atoms with Gasteiger partial charge in [-0.1, -0.05) is 199 Å². The molecule has 4 N–H and O–H groups in total. The van der Waals surface area contributed by atoms with Crippen LogP contribution in [0, 0.1) is 0 Å². The van der Waals surface area contributed by atoms with E-state index in [0.717, 1.165) is 51.4 Å². The Kier molecular flexibility index (Phi) is 39.7. The lowest BCUT2D eigenvalue weighted by atomic mass is 9.99. The van der Waals surface area contributed by atoms with E-state index in [9.17, 15) is 33.1 Å². The van der Waals surface area contributed by atoms with Crippen LogP contribution in [-0.4, -0.2) is 97.5 Å². The molecule has 1 saturated heterocycles. The van der Waals surface area contributed by atoms with Crippen LogP contribution in [-0.2, 0) is 38.3 Å². The molecule has 0 aromatic heterocycles. The van der Waals surface area contributed by atoms with Gasteiger partial charge < -0.3 is 34.3 Å². The highest BCUT2D eigenvalue weighted by Gasteiger charge is 2.48. The summed E-state index contributed by atoms with van der Waals surface area (Å²) >= 11 is 0. The Morgan fingerprint density at radius 2 is 1.05 bits per heavy atom. The third-order valence-electron chi connectivity index (χ3n) is 11.8. The zero-order chi connectivity index (χ0) is 46.1. The molecule has 1 rings (SSSR count). The van der Waals surface area contributed by atoms with Crippen molar-refractivity contribution in [2.24, 2.45) is 0 Å². The van der Waals surface area contributed by atoms with E-state index in [2.05, 4.69) is 42.3 Å². The van der Waals surface area contributed by atoms with Gasteiger partial charge in [-0.15, -0.1) is 0 Å². The van der Waals surface area contributed by atoms with Gasteiger partial charge in [-0.3, -0.25) is 9.35 Å². The summed E-state index contributed by atoms with van der Waals surface area (Å²) < 4.78 is 59.2. The Bertz CT molecular complexity index is 1200. The largest absolute Gasteiger partial charge is 0.457 e. The molecule has 0 spiro atoms. The first kappa shape index (κ1) is 59.6. The van der Waals surface area contributed by atoms with Crippen molar-refractivity contribution in [3.05, 3.63) is 24.3 Å². The van der Waals surface area contributed by atoms with Gasteiger partial charge in [0.15, 0.2) is 6.29 Å². The Labute approximate surface area is 384 Å². The first-order valence-corrected chi connectivity index (χ1v) is 27.0. The monoisotopic (exact) mass is 919 g/mol. The van der Waals surface area contributed by atoms with E-state index in [1.165, 1.54) is 148 Å². The minimum Gasteiger partial charge on any atom is -0.457 e. The highest BCUT2D eigenvalue weighted by atomic mass is 32.3. The normalized spacial score (nSPS) is 20.0. The highest BCUT2D eigenvalue weighted by molar-refractivity contribution is 7.80. The Morgan fingerprint density at radius 1 is 0.603 bits per heavy atom. The summed E-state index contributed by atoms with van der Waals surface area (Å²) in [6.07, 6.45) is 39.2. The van der Waals surface area contributed by atoms with E-state index in [0.29, 0.717) is 13.0 Å². The maximum Gasteiger partial charge on any atom is 0.397 e. The first-order chi connectivity index (χ1) is 30.6. The molecule has 0 aliphatic carbocycles. The number of hydrogen-bond acceptors (Lipinski definition) is 11. The molecule has 0 aromatic carbocycles. The number of aliphatic hydroxyl groups is 3. The molecule has 0 saturated carbocycles. The number of unbranched alkanes of at least 4 members (excludes halogenated alkanes) is 28. The Hall–Kier alpha value is -1.42. The number of ether oxygens (including phenoxy) is 4. The summed E-state index contributed by atoms with van der Waals surface area (Å²) in [5, 5.41) is 30.7. The van der Waals surface area contributed by atoms with Gasteiger partial charge in [0.25, 0.3) is 0 Å². The van der Waals surface area contributed by atoms with Crippen LogP contribution in [0.2, 0.25) is 0 Å². The van der Waals surface area contributed by atoms with Crippen LogP contribution in [0.3, 0.4) is 0 Å². The summed E-state index contributed by atoms with van der Waals surface area (Å²) in [5.41, 5.74) is 0. The molecule has 13 heteroatoms. The summed E-state index contributed by atoms with van der Waals surface area (Å²) in [4.78, 5) is 12.9. The number of carbonyl (C=O) groups excluding carboxylic acids is 1. The van der Waals surface area contributed by atoms with Crippen LogP contribution in [0.25, 0.3) is 0 Å². The maximum absolute atomic E-state index is 12.9.